The predicted molar refractivity (Wildman–Crippen MR) is 124 cm³/mol. The second-order valence-corrected chi connectivity index (χ2v) is 8.66. The fourth-order valence-electron chi connectivity index (χ4n) is 3.37. The molecule has 2 aromatic rings. The summed E-state index contributed by atoms with van der Waals surface area (Å²) in [5.41, 5.74) is 1.44. The minimum absolute atomic E-state index is 0.0989. The molecule has 1 aromatic heterocycles. The smallest absolute Gasteiger partial charge is 0.251 e. The molecule has 8 heteroatoms. The predicted octanol–water partition coefficient (Wildman–Crippen LogP) is 2.62. The zero-order chi connectivity index (χ0) is 22.1. The summed E-state index contributed by atoms with van der Waals surface area (Å²) in [4.78, 5) is 17.1. The molecule has 168 valence electrons. The molecule has 2 atom stereocenters. The molecule has 31 heavy (non-hydrogen) atoms. The van der Waals surface area contributed by atoms with Crippen LogP contribution in [0.4, 0.5) is 0 Å². The number of ether oxygens (including phenoxy) is 1. The van der Waals surface area contributed by atoms with Crippen LogP contribution in [0.2, 0.25) is 0 Å². The third-order valence-electron chi connectivity index (χ3n) is 5.21. The number of hydrogen-bond donors (Lipinski definition) is 4. The number of nitrogens with one attached hydrogen (secondary N) is 3. The van der Waals surface area contributed by atoms with Crippen LogP contribution in [0.15, 0.2) is 46.1 Å². The highest BCUT2D eigenvalue weighted by molar-refractivity contribution is 7.08. The van der Waals surface area contributed by atoms with E-state index in [0.717, 1.165) is 30.6 Å². The first-order valence-corrected chi connectivity index (χ1v) is 11.7. The van der Waals surface area contributed by atoms with Gasteiger partial charge in [-0.1, -0.05) is 12.1 Å². The van der Waals surface area contributed by atoms with Gasteiger partial charge in [-0.05, 0) is 66.8 Å². The van der Waals surface area contributed by atoms with Crippen molar-refractivity contribution in [1.82, 2.24) is 16.0 Å². The Hall–Kier alpha value is -2.42. The van der Waals surface area contributed by atoms with Gasteiger partial charge in [0.15, 0.2) is 5.96 Å². The van der Waals surface area contributed by atoms with Gasteiger partial charge in [-0.25, -0.2) is 4.99 Å². The molecule has 4 N–H and O–H groups in total. The third kappa shape index (κ3) is 7.05. The lowest BCUT2D eigenvalue weighted by molar-refractivity contribution is 0.0621. The van der Waals surface area contributed by atoms with Crippen molar-refractivity contribution < 1.29 is 14.6 Å². The fraction of sp³-hybridized carbons (Fsp3) is 0.478. The number of benzene rings is 1. The number of nitrogens with zero attached hydrogens (tertiary/aromatic N) is 1. The Morgan fingerprint density at radius 1 is 1.32 bits per heavy atom. The SMILES string of the molecule is CCNC(=NCc1cccc(C(=O)NCC2CCCO2)c1)NCC(C)(O)c1ccsc1. The van der Waals surface area contributed by atoms with Crippen LogP contribution in [-0.2, 0) is 16.9 Å². The summed E-state index contributed by atoms with van der Waals surface area (Å²) in [6.45, 7) is 6.55. The molecule has 2 unspecified atom stereocenters. The maximum Gasteiger partial charge on any atom is 0.251 e. The molecular formula is C23H32N4O3S. The molecule has 0 saturated carbocycles. The number of amides is 1. The number of rotatable bonds is 9. The average molecular weight is 445 g/mol. The summed E-state index contributed by atoms with van der Waals surface area (Å²) in [7, 11) is 0. The van der Waals surface area contributed by atoms with E-state index >= 15 is 0 Å². The van der Waals surface area contributed by atoms with Crippen LogP contribution in [0.25, 0.3) is 0 Å². The molecule has 1 fully saturated rings. The van der Waals surface area contributed by atoms with Gasteiger partial charge < -0.3 is 25.8 Å². The van der Waals surface area contributed by atoms with Crippen molar-refractivity contribution in [2.45, 2.75) is 44.9 Å². The van der Waals surface area contributed by atoms with Crippen molar-refractivity contribution in [3.8, 4) is 0 Å². The molecule has 2 heterocycles. The van der Waals surface area contributed by atoms with E-state index < -0.39 is 5.60 Å². The van der Waals surface area contributed by atoms with E-state index in [1.165, 1.54) is 0 Å². The van der Waals surface area contributed by atoms with Crippen molar-refractivity contribution in [2.75, 3.05) is 26.2 Å². The molecular weight excluding hydrogens is 412 g/mol. The monoisotopic (exact) mass is 444 g/mol. The second-order valence-electron chi connectivity index (χ2n) is 7.88. The number of thiophene rings is 1. The van der Waals surface area contributed by atoms with Gasteiger partial charge in [0.25, 0.3) is 5.91 Å². The number of aliphatic hydroxyl groups is 1. The molecule has 1 amide bonds. The summed E-state index contributed by atoms with van der Waals surface area (Å²) >= 11 is 1.56. The molecule has 3 rings (SSSR count). The van der Waals surface area contributed by atoms with Crippen molar-refractivity contribution in [2.24, 2.45) is 4.99 Å². The van der Waals surface area contributed by atoms with Gasteiger partial charge in [0, 0.05) is 25.3 Å². The van der Waals surface area contributed by atoms with Gasteiger partial charge in [0.2, 0.25) is 0 Å². The van der Waals surface area contributed by atoms with Crippen LogP contribution in [0.3, 0.4) is 0 Å². The maximum absolute atomic E-state index is 12.5. The summed E-state index contributed by atoms with van der Waals surface area (Å²) in [6, 6.07) is 9.41. The minimum Gasteiger partial charge on any atom is -0.384 e. The molecule has 0 bridgehead atoms. The van der Waals surface area contributed by atoms with E-state index in [4.69, 9.17) is 4.74 Å². The maximum atomic E-state index is 12.5. The van der Waals surface area contributed by atoms with E-state index in [0.29, 0.717) is 37.7 Å². The Morgan fingerprint density at radius 2 is 2.19 bits per heavy atom. The van der Waals surface area contributed by atoms with E-state index in [1.54, 1.807) is 24.3 Å². The highest BCUT2D eigenvalue weighted by Gasteiger charge is 2.23. The van der Waals surface area contributed by atoms with E-state index in [2.05, 4.69) is 20.9 Å². The fourth-order valence-corrected chi connectivity index (χ4v) is 4.15. The summed E-state index contributed by atoms with van der Waals surface area (Å²) in [5, 5.41) is 24.0. The van der Waals surface area contributed by atoms with Gasteiger partial charge >= 0.3 is 0 Å². The zero-order valence-corrected chi connectivity index (χ0v) is 19.0. The number of carbonyl (C=O) groups is 1. The number of guanidine groups is 1. The second kappa shape index (κ2) is 11.3. The molecule has 0 aliphatic carbocycles. The molecule has 7 nitrogen and oxygen atoms in total. The Balaban J connectivity index is 1.57. The van der Waals surface area contributed by atoms with Crippen molar-refractivity contribution >= 4 is 23.2 Å². The first kappa shape index (κ1) is 23.2. The largest absolute Gasteiger partial charge is 0.384 e. The number of hydrogen-bond acceptors (Lipinski definition) is 5. The number of carbonyl (C=O) groups excluding carboxylic acids is 1. The molecule has 1 aliphatic heterocycles. The normalized spacial score (nSPS) is 18.4. The van der Waals surface area contributed by atoms with Gasteiger partial charge in [-0.3, -0.25) is 4.79 Å². The summed E-state index contributed by atoms with van der Waals surface area (Å²) < 4.78 is 5.56. The average Bonchev–Trinajstić information content (AvgIpc) is 3.49. The van der Waals surface area contributed by atoms with Gasteiger partial charge in [0.05, 0.1) is 19.2 Å². The first-order chi connectivity index (χ1) is 15.0. The molecule has 1 aliphatic rings. The van der Waals surface area contributed by atoms with Gasteiger partial charge in [0.1, 0.15) is 5.60 Å². The van der Waals surface area contributed by atoms with Crippen LogP contribution in [0, 0.1) is 0 Å². The highest BCUT2D eigenvalue weighted by atomic mass is 32.1. The molecule has 0 spiro atoms. The lowest BCUT2D eigenvalue weighted by Crippen LogP contribution is -2.44. The topological polar surface area (TPSA) is 95.0 Å². The molecule has 1 aromatic carbocycles. The van der Waals surface area contributed by atoms with Crippen LogP contribution in [0.5, 0.6) is 0 Å². The summed E-state index contributed by atoms with van der Waals surface area (Å²) in [6.07, 6.45) is 2.17. The van der Waals surface area contributed by atoms with Crippen molar-refractivity contribution in [3.05, 3.63) is 57.8 Å². The van der Waals surface area contributed by atoms with E-state index in [-0.39, 0.29) is 12.0 Å². The Bertz CT molecular complexity index is 861. The van der Waals surface area contributed by atoms with E-state index in [1.807, 2.05) is 41.9 Å². The first-order valence-electron chi connectivity index (χ1n) is 10.7. The minimum atomic E-state index is -0.989. The lowest BCUT2D eigenvalue weighted by atomic mass is 9.99. The van der Waals surface area contributed by atoms with Crippen molar-refractivity contribution in [1.29, 1.82) is 0 Å². The third-order valence-corrected chi connectivity index (χ3v) is 5.89. The van der Waals surface area contributed by atoms with Gasteiger partial charge in [-0.15, -0.1) is 0 Å². The highest BCUT2D eigenvalue weighted by Crippen LogP contribution is 2.22. The Kier molecular flexibility index (Phi) is 8.45. The lowest BCUT2D eigenvalue weighted by Gasteiger charge is -2.24. The zero-order valence-electron chi connectivity index (χ0n) is 18.2. The number of aliphatic imine (C=N–C) groups is 1. The molecule has 1 saturated heterocycles. The standard InChI is InChI=1S/C23H32N4O3S/c1-3-24-22(27-16-23(2,29)19-9-11-31-15-19)26-13-17-6-4-7-18(12-17)21(28)25-14-20-8-5-10-30-20/h4,6-7,9,11-12,15,20,29H,3,5,8,10,13-14,16H2,1-2H3,(H,25,28)(H2,24,26,27). The summed E-state index contributed by atoms with van der Waals surface area (Å²) in [5.74, 6) is 0.518. The van der Waals surface area contributed by atoms with Crippen LogP contribution in [0.1, 0.15) is 48.2 Å². The van der Waals surface area contributed by atoms with Crippen LogP contribution in [-0.4, -0.2) is 49.3 Å². The van der Waals surface area contributed by atoms with E-state index in [9.17, 15) is 9.90 Å². The van der Waals surface area contributed by atoms with Crippen molar-refractivity contribution in [3.63, 3.8) is 0 Å². The Labute approximate surface area is 187 Å². The Morgan fingerprint density at radius 3 is 2.90 bits per heavy atom. The molecule has 0 radical (unpaired) electrons. The van der Waals surface area contributed by atoms with Crippen LogP contribution >= 0.6 is 11.3 Å². The van der Waals surface area contributed by atoms with Crippen LogP contribution < -0.4 is 16.0 Å². The van der Waals surface area contributed by atoms with Gasteiger partial charge in [-0.2, -0.15) is 11.3 Å². The quantitative estimate of drug-likeness (QED) is 0.352.